The number of carbonyl (C=O) groups excluding carboxylic acids is 1. The molecule has 3 rings (SSSR count). The summed E-state index contributed by atoms with van der Waals surface area (Å²) in [6.45, 7) is 0.815. The summed E-state index contributed by atoms with van der Waals surface area (Å²) in [4.78, 5) is 21.9. The highest BCUT2D eigenvalue weighted by molar-refractivity contribution is 5.77. The molecule has 2 aromatic rings. The average Bonchev–Trinajstić information content (AvgIpc) is 2.95. The summed E-state index contributed by atoms with van der Waals surface area (Å²) < 4.78 is 37.5. The molecule has 126 valence electrons. The highest BCUT2D eigenvalue weighted by Gasteiger charge is 2.30. The van der Waals surface area contributed by atoms with E-state index in [4.69, 9.17) is 5.73 Å². The summed E-state index contributed by atoms with van der Waals surface area (Å²) in [5.41, 5.74) is 7.13. The Hall–Kier alpha value is -2.64. The number of rotatable bonds is 3. The molecule has 0 radical (unpaired) electrons. The van der Waals surface area contributed by atoms with E-state index in [1.807, 2.05) is 0 Å². The first-order valence-corrected chi connectivity index (χ1v) is 7.37. The molecular formula is C16H15F3N4O. The summed E-state index contributed by atoms with van der Waals surface area (Å²) in [5.74, 6) is 0.0965. The van der Waals surface area contributed by atoms with Crippen molar-refractivity contribution in [1.82, 2.24) is 14.9 Å². The number of amides is 1. The van der Waals surface area contributed by atoms with E-state index in [1.165, 1.54) is 12.1 Å². The van der Waals surface area contributed by atoms with E-state index in [-0.39, 0.29) is 18.3 Å². The molecule has 5 nitrogen and oxygen atoms in total. The second-order valence-corrected chi connectivity index (χ2v) is 5.64. The molecular weight excluding hydrogens is 321 g/mol. The Bertz CT molecular complexity index is 759. The molecule has 0 saturated carbocycles. The van der Waals surface area contributed by atoms with Gasteiger partial charge in [-0.3, -0.25) is 4.79 Å². The van der Waals surface area contributed by atoms with E-state index < -0.39 is 11.7 Å². The third-order valence-corrected chi connectivity index (χ3v) is 3.94. The summed E-state index contributed by atoms with van der Waals surface area (Å²) in [7, 11) is 0. The van der Waals surface area contributed by atoms with Gasteiger partial charge in [-0.1, -0.05) is 12.1 Å². The van der Waals surface area contributed by atoms with Crippen molar-refractivity contribution in [2.75, 3.05) is 5.73 Å². The van der Waals surface area contributed by atoms with Crippen molar-refractivity contribution < 1.29 is 18.0 Å². The lowest BCUT2D eigenvalue weighted by Crippen LogP contribution is -2.25. The Kier molecular flexibility index (Phi) is 4.13. The number of fused-ring (bicyclic) bond motifs is 1. The van der Waals surface area contributed by atoms with Crippen molar-refractivity contribution in [3.05, 3.63) is 52.8 Å². The van der Waals surface area contributed by atoms with Gasteiger partial charge < -0.3 is 10.6 Å². The Balaban J connectivity index is 1.57. The largest absolute Gasteiger partial charge is 0.416 e. The van der Waals surface area contributed by atoms with Gasteiger partial charge in [-0.2, -0.15) is 13.2 Å². The molecule has 1 aliphatic rings. The molecule has 24 heavy (non-hydrogen) atoms. The van der Waals surface area contributed by atoms with Crippen LogP contribution in [0.15, 0.2) is 30.5 Å². The predicted octanol–water partition coefficient (Wildman–Crippen LogP) is 2.55. The molecule has 0 aliphatic carbocycles. The van der Waals surface area contributed by atoms with Crippen LogP contribution in [0.5, 0.6) is 0 Å². The maximum Gasteiger partial charge on any atom is 0.416 e. The first kappa shape index (κ1) is 16.2. The number of aromatic nitrogens is 2. The fourth-order valence-electron chi connectivity index (χ4n) is 2.61. The van der Waals surface area contributed by atoms with Crippen LogP contribution in [-0.4, -0.2) is 20.8 Å². The molecule has 1 aromatic carbocycles. The van der Waals surface area contributed by atoms with E-state index >= 15 is 0 Å². The van der Waals surface area contributed by atoms with Crippen LogP contribution in [0, 0.1) is 0 Å². The van der Waals surface area contributed by atoms with Crippen LogP contribution in [0.3, 0.4) is 0 Å². The monoisotopic (exact) mass is 336 g/mol. The molecule has 2 heterocycles. The van der Waals surface area contributed by atoms with Crippen LogP contribution in [-0.2, 0) is 30.5 Å². The summed E-state index contributed by atoms with van der Waals surface area (Å²) in [6.07, 6.45) is -2.13. The SMILES string of the molecule is Nc1ncc2c(n1)CN(C(=O)CCc1ccc(C(F)(F)F)cc1)C2. The van der Waals surface area contributed by atoms with E-state index in [0.717, 1.165) is 23.4 Å². The lowest BCUT2D eigenvalue weighted by Gasteiger charge is -2.15. The van der Waals surface area contributed by atoms with Gasteiger partial charge in [0.25, 0.3) is 0 Å². The number of hydrogen-bond donors (Lipinski definition) is 1. The van der Waals surface area contributed by atoms with Gasteiger partial charge in [-0.15, -0.1) is 0 Å². The number of halogens is 3. The highest BCUT2D eigenvalue weighted by Crippen LogP contribution is 2.29. The fourth-order valence-corrected chi connectivity index (χ4v) is 2.61. The number of alkyl halides is 3. The summed E-state index contributed by atoms with van der Waals surface area (Å²) in [6, 6.07) is 4.87. The quantitative estimate of drug-likeness (QED) is 0.935. The highest BCUT2D eigenvalue weighted by atomic mass is 19.4. The zero-order valence-electron chi connectivity index (χ0n) is 12.7. The number of benzene rings is 1. The second kappa shape index (κ2) is 6.10. The molecule has 0 bridgehead atoms. The number of carbonyl (C=O) groups is 1. The van der Waals surface area contributed by atoms with E-state index in [1.54, 1.807) is 11.1 Å². The summed E-state index contributed by atoms with van der Waals surface area (Å²) in [5, 5.41) is 0. The molecule has 0 atom stereocenters. The first-order chi connectivity index (χ1) is 11.3. The van der Waals surface area contributed by atoms with Crippen molar-refractivity contribution in [2.24, 2.45) is 0 Å². The zero-order valence-corrected chi connectivity index (χ0v) is 12.7. The molecule has 0 fully saturated rings. The smallest absolute Gasteiger partial charge is 0.368 e. The van der Waals surface area contributed by atoms with Gasteiger partial charge >= 0.3 is 6.18 Å². The lowest BCUT2D eigenvalue weighted by molar-refractivity contribution is -0.137. The second-order valence-electron chi connectivity index (χ2n) is 5.64. The van der Waals surface area contributed by atoms with Crippen LogP contribution in [0.4, 0.5) is 19.1 Å². The van der Waals surface area contributed by atoms with Crippen molar-refractivity contribution in [2.45, 2.75) is 32.1 Å². The summed E-state index contributed by atoms with van der Waals surface area (Å²) >= 11 is 0. The fraction of sp³-hybridized carbons (Fsp3) is 0.312. The number of nitrogen functional groups attached to an aromatic ring is 1. The topological polar surface area (TPSA) is 72.1 Å². The van der Waals surface area contributed by atoms with E-state index in [9.17, 15) is 18.0 Å². The maximum atomic E-state index is 12.5. The molecule has 2 N–H and O–H groups in total. The third-order valence-electron chi connectivity index (χ3n) is 3.94. The molecule has 0 unspecified atom stereocenters. The van der Waals surface area contributed by atoms with Gasteiger partial charge in [-0.25, -0.2) is 9.97 Å². The lowest BCUT2D eigenvalue weighted by atomic mass is 10.1. The molecule has 1 aromatic heterocycles. The van der Waals surface area contributed by atoms with Gasteiger partial charge in [0, 0.05) is 24.7 Å². The Morgan fingerprint density at radius 3 is 2.58 bits per heavy atom. The van der Waals surface area contributed by atoms with Crippen LogP contribution in [0.25, 0.3) is 0 Å². The van der Waals surface area contributed by atoms with Crippen LogP contribution in [0.2, 0.25) is 0 Å². The standard InChI is InChI=1S/C16H15F3N4O/c17-16(18,19)12-4-1-10(2-5-12)3-6-14(24)23-8-11-7-21-15(20)22-13(11)9-23/h1-2,4-5,7H,3,6,8-9H2,(H2,20,21,22). The van der Waals surface area contributed by atoms with Gasteiger partial charge in [-0.05, 0) is 24.1 Å². The van der Waals surface area contributed by atoms with Crippen molar-refractivity contribution in [1.29, 1.82) is 0 Å². The van der Waals surface area contributed by atoms with E-state index in [2.05, 4.69) is 9.97 Å². The minimum absolute atomic E-state index is 0.0773. The third kappa shape index (κ3) is 3.47. The number of anilines is 1. The minimum atomic E-state index is -4.35. The van der Waals surface area contributed by atoms with Gasteiger partial charge in [0.2, 0.25) is 11.9 Å². The van der Waals surface area contributed by atoms with Crippen molar-refractivity contribution >= 4 is 11.9 Å². The molecule has 8 heteroatoms. The maximum absolute atomic E-state index is 12.5. The first-order valence-electron chi connectivity index (χ1n) is 7.37. The van der Waals surface area contributed by atoms with E-state index in [0.29, 0.717) is 25.1 Å². The number of hydrogen-bond acceptors (Lipinski definition) is 4. The Morgan fingerprint density at radius 1 is 1.21 bits per heavy atom. The van der Waals surface area contributed by atoms with Gasteiger partial charge in [0.15, 0.2) is 0 Å². The molecule has 0 spiro atoms. The van der Waals surface area contributed by atoms with Crippen molar-refractivity contribution in [3.63, 3.8) is 0 Å². The van der Waals surface area contributed by atoms with Crippen LogP contribution < -0.4 is 5.73 Å². The number of nitrogens with two attached hydrogens (primary N) is 1. The van der Waals surface area contributed by atoms with Crippen LogP contribution in [0.1, 0.15) is 28.8 Å². The van der Waals surface area contributed by atoms with Gasteiger partial charge in [0.05, 0.1) is 17.8 Å². The Labute approximate surface area is 136 Å². The van der Waals surface area contributed by atoms with Crippen molar-refractivity contribution in [3.8, 4) is 0 Å². The van der Waals surface area contributed by atoms with Gasteiger partial charge in [0.1, 0.15) is 0 Å². The Morgan fingerprint density at radius 2 is 1.92 bits per heavy atom. The molecule has 1 amide bonds. The van der Waals surface area contributed by atoms with Crippen LogP contribution >= 0.6 is 0 Å². The predicted molar refractivity (Wildman–Crippen MR) is 80.5 cm³/mol. The normalized spacial score (nSPS) is 13.9. The minimum Gasteiger partial charge on any atom is -0.368 e. The zero-order chi connectivity index (χ0) is 17.3. The average molecular weight is 336 g/mol. The molecule has 1 aliphatic heterocycles. The number of aryl methyl sites for hydroxylation is 1. The molecule has 0 saturated heterocycles. The number of nitrogens with zero attached hydrogens (tertiary/aromatic N) is 3.